The van der Waals surface area contributed by atoms with Crippen LogP contribution in [0.3, 0.4) is 0 Å². The lowest BCUT2D eigenvalue weighted by molar-refractivity contribution is -0.129. The van der Waals surface area contributed by atoms with Gasteiger partial charge in [0.25, 0.3) is 0 Å². The molecule has 1 heterocycles. The highest BCUT2D eigenvalue weighted by atomic mass is 16.2. The Hall–Kier alpha value is -1.26. The lowest BCUT2D eigenvalue weighted by Gasteiger charge is -2.19. The van der Waals surface area contributed by atoms with Crippen LogP contribution in [0, 0.1) is 5.92 Å². The van der Waals surface area contributed by atoms with Gasteiger partial charge in [-0.15, -0.1) is 0 Å². The molecule has 0 aromatic rings. The quantitative estimate of drug-likeness (QED) is 0.506. The number of nitrogens with one attached hydrogen (secondary N) is 2. The van der Waals surface area contributed by atoms with Gasteiger partial charge in [0.05, 0.1) is 0 Å². The molecular weight excluding hydrogens is 288 g/mol. The number of hydrogen-bond acceptors (Lipinski definition) is 2. The van der Waals surface area contributed by atoms with E-state index in [0.717, 1.165) is 38.6 Å². The average molecular weight is 325 g/mol. The van der Waals surface area contributed by atoms with E-state index in [-0.39, 0.29) is 5.91 Å². The van der Waals surface area contributed by atoms with Crippen LogP contribution >= 0.6 is 0 Å². The first-order chi connectivity index (χ1) is 11.1. The van der Waals surface area contributed by atoms with E-state index in [1.165, 1.54) is 25.7 Å². The van der Waals surface area contributed by atoms with Crippen LogP contribution < -0.4 is 10.6 Å². The standard InChI is InChI=1S/C18H36N4O/c1-5-9-10-15(6-2)13-20-18(19-8-4)21-16-11-12-22(14-16)17(23)7-3/h15-16H,5-14H2,1-4H3,(H2,19,20,21). The summed E-state index contributed by atoms with van der Waals surface area (Å²) in [6.45, 7) is 11.9. The highest BCUT2D eigenvalue weighted by molar-refractivity contribution is 5.80. The Morgan fingerprint density at radius 3 is 2.70 bits per heavy atom. The molecule has 2 N–H and O–H groups in total. The van der Waals surface area contributed by atoms with Crippen LogP contribution in [0.2, 0.25) is 0 Å². The predicted octanol–water partition coefficient (Wildman–Crippen LogP) is 2.77. The topological polar surface area (TPSA) is 56.7 Å². The molecule has 134 valence electrons. The van der Waals surface area contributed by atoms with E-state index in [1.54, 1.807) is 0 Å². The van der Waals surface area contributed by atoms with E-state index in [1.807, 2.05) is 11.8 Å². The minimum absolute atomic E-state index is 0.252. The van der Waals surface area contributed by atoms with Gasteiger partial charge in [-0.1, -0.05) is 40.0 Å². The van der Waals surface area contributed by atoms with E-state index in [2.05, 4.69) is 31.4 Å². The minimum atomic E-state index is 0.252. The van der Waals surface area contributed by atoms with Gasteiger partial charge >= 0.3 is 0 Å². The van der Waals surface area contributed by atoms with Crippen molar-refractivity contribution >= 4 is 11.9 Å². The van der Waals surface area contributed by atoms with Gasteiger partial charge in [-0.3, -0.25) is 9.79 Å². The number of likely N-dealkylation sites (tertiary alicyclic amines) is 1. The van der Waals surface area contributed by atoms with Gasteiger partial charge in [-0.05, 0) is 25.7 Å². The first kappa shape index (κ1) is 19.8. The number of nitrogens with zero attached hydrogens (tertiary/aromatic N) is 2. The Balaban J connectivity index is 2.50. The minimum Gasteiger partial charge on any atom is -0.357 e. The molecule has 0 aromatic heterocycles. The fourth-order valence-electron chi connectivity index (χ4n) is 2.98. The van der Waals surface area contributed by atoms with Gasteiger partial charge in [0.15, 0.2) is 5.96 Å². The largest absolute Gasteiger partial charge is 0.357 e. The molecule has 0 aromatic carbocycles. The van der Waals surface area contributed by atoms with E-state index in [4.69, 9.17) is 4.99 Å². The monoisotopic (exact) mass is 324 g/mol. The van der Waals surface area contributed by atoms with Crippen molar-refractivity contribution < 1.29 is 4.79 Å². The van der Waals surface area contributed by atoms with Crippen LogP contribution in [0.25, 0.3) is 0 Å². The van der Waals surface area contributed by atoms with E-state index in [9.17, 15) is 4.79 Å². The van der Waals surface area contributed by atoms with E-state index in [0.29, 0.717) is 18.4 Å². The number of rotatable bonds is 9. The van der Waals surface area contributed by atoms with E-state index >= 15 is 0 Å². The van der Waals surface area contributed by atoms with Gasteiger partial charge in [-0.2, -0.15) is 0 Å². The maximum atomic E-state index is 11.8. The number of guanidine groups is 1. The van der Waals surface area contributed by atoms with Crippen molar-refractivity contribution in [3.05, 3.63) is 0 Å². The summed E-state index contributed by atoms with van der Waals surface area (Å²) >= 11 is 0. The number of carbonyl (C=O) groups is 1. The summed E-state index contributed by atoms with van der Waals surface area (Å²) in [5, 5.41) is 6.84. The van der Waals surface area contributed by atoms with Crippen LogP contribution in [0.15, 0.2) is 4.99 Å². The Kier molecular flexibility index (Phi) is 9.72. The Bertz CT molecular complexity index is 370. The third kappa shape index (κ3) is 7.23. The third-order valence-electron chi connectivity index (χ3n) is 4.58. The van der Waals surface area contributed by atoms with Crippen molar-refractivity contribution in [1.82, 2.24) is 15.5 Å². The maximum absolute atomic E-state index is 11.8. The molecule has 2 atom stereocenters. The molecule has 0 saturated carbocycles. The van der Waals surface area contributed by atoms with Crippen LogP contribution in [0.4, 0.5) is 0 Å². The van der Waals surface area contributed by atoms with Crippen molar-refractivity contribution in [2.24, 2.45) is 10.9 Å². The zero-order chi connectivity index (χ0) is 17.1. The zero-order valence-corrected chi connectivity index (χ0v) is 15.5. The maximum Gasteiger partial charge on any atom is 0.222 e. The molecule has 1 saturated heterocycles. The van der Waals surface area contributed by atoms with Gasteiger partial charge in [0.1, 0.15) is 0 Å². The van der Waals surface area contributed by atoms with Gasteiger partial charge in [0, 0.05) is 38.6 Å². The molecule has 5 heteroatoms. The number of hydrogen-bond donors (Lipinski definition) is 2. The SMILES string of the molecule is CCCCC(CC)CN=C(NCC)NC1CCN(C(=O)CC)C1. The summed E-state index contributed by atoms with van der Waals surface area (Å²) in [4.78, 5) is 18.5. The summed E-state index contributed by atoms with van der Waals surface area (Å²) in [5.74, 6) is 1.83. The Labute approximate surface area is 142 Å². The lowest BCUT2D eigenvalue weighted by Crippen LogP contribution is -2.45. The number of carbonyl (C=O) groups excluding carboxylic acids is 1. The summed E-state index contributed by atoms with van der Waals surface area (Å²) in [7, 11) is 0. The number of unbranched alkanes of at least 4 members (excludes halogenated alkanes) is 1. The highest BCUT2D eigenvalue weighted by Crippen LogP contribution is 2.13. The lowest BCUT2D eigenvalue weighted by atomic mass is 10.00. The predicted molar refractivity (Wildman–Crippen MR) is 97.7 cm³/mol. The van der Waals surface area contributed by atoms with Crippen LogP contribution in [-0.4, -0.2) is 49.0 Å². The third-order valence-corrected chi connectivity index (χ3v) is 4.58. The molecule has 0 spiro atoms. The summed E-state index contributed by atoms with van der Waals surface area (Å²) < 4.78 is 0. The molecule has 0 bridgehead atoms. The summed E-state index contributed by atoms with van der Waals surface area (Å²) in [6, 6.07) is 0.319. The number of aliphatic imine (C=N–C) groups is 1. The van der Waals surface area contributed by atoms with Gasteiger partial charge in [0.2, 0.25) is 5.91 Å². The Morgan fingerprint density at radius 2 is 2.09 bits per heavy atom. The molecule has 1 aliphatic heterocycles. The molecule has 1 fully saturated rings. The smallest absolute Gasteiger partial charge is 0.222 e. The molecule has 0 radical (unpaired) electrons. The van der Waals surface area contributed by atoms with Crippen molar-refractivity contribution in [3.8, 4) is 0 Å². The van der Waals surface area contributed by atoms with Crippen molar-refractivity contribution in [2.75, 3.05) is 26.2 Å². The van der Waals surface area contributed by atoms with Crippen molar-refractivity contribution in [2.45, 2.75) is 72.3 Å². The van der Waals surface area contributed by atoms with Crippen molar-refractivity contribution in [1.29, 1.82) is 0 Å². The molecule has 2 unspecified atom stereocenters. The molecule has 1 amide bonds. The second kappa shape index (κ2) is 11.3. The average Bonchev–Trinajstić information content (AvgIpc) is 3.03. The van der Waals surface area contributed by atoms with Gasteiger partial charge in [-0.25, -0.2) is 0 Å². The zero-order valence-electron chi connectivity index (χ0n) is 15.5. The summed E-state index contributed by atoms with van der Waals surface area (Å²) in [6.07, 6.45) is 6.58. The van der Waals surface area contributed by atoms with Crippen molar-refractivity contribution in [3.63, 3.8) is 0 Å². The van der Waals surface area contributed by atoms with Crippen LogP contribution in [0.1, 0.15) is 66.2 Å². The van der Waals surface area contributed by atoms with Crippen LogP contribution in [0.5, 0.6) is 0 Å². The normalized spacial score (nSPS) is 19.7. The first-order valence-corrected chi connectivity index (χ1v) is 9.47. The molecule has 0 aliphatic carbocycles. The second-order valence-electron chi connectivity index (χ2n) is 6.46. The first-order valence-electron chi connectivity index (χ1n) is 9.47. The molecular formula is C18H36N4O. The molecule has 1 rings (SSSR count). The fraction of sp³-hybridized carbons (Fsp3) is 0.889. The Morgan fingerprint density at radius 1 is 1.30 bits per heavy atom. The number of amides is 1. The van der Waals surface area contributed by atoms with E-state index < -0.39 is 0 Å². The molecule has 23 heavy (non-hydrogen) atoms. The van der Waals surface area contributed by atoms with Gasteiger partial charge < -0.3 is 15.5 Å². The second-order valence-corrected chi connectivity index (χ2v) is 6.46. The highest BCUT2D eigenvalue weighted by Gasteiger charge is 2.25. The fourth-order valence-corrected chi connectivity index (χ4v) is 2.98. The molecule has 1 aliphatic rings. The summed E-state index contributed by atoms with van der Waals surface area (Å²) in [5.41, 5.74) is 0. The molecule has 5 nitrogen and oxygen atoms in total. The van der Waals surface area contributed by atoms with Crippen LogP contribution in [-0.2, 0) is 4.79 Å².